The van der Waals surface area contributed by atoms with Crippen LogP contribution in [0.3, 0.4) is 0 Å². The molecule has 2 heterocycles. The molecule has 0 aliphatic carbocycles. The number of anilines is 1. The van der Waals surface area contributed by atoms with Crippen molar-refractivity contribution in [2.75, 3.05) is 11.9 Å². The Bertz CT molecular complexity index is 981. The number of benzene rings is 1. The molecular formula is C23H33N3O7Si. The van der Waals surface area contributed by atoms with Gasteiger partial charge in [-0.05, 0) is 63.2 Å². The Labute approximate surface area is 200 Å². The van der Waals surface area contributed by atoms with Gasteiger partial charge in [0.25, 0.3) is 5.97 Å². The fraction of sp³-hybridized carbons (Fsp3) is 0.478. The maximum atomic E-state index is 12.8. The van der Waals surface area contributed by atoms with Crippen LogP contribution >= 0.6 is 0 Å². The third-order valence-electron chi connectivity index (χ3n) is 5.29. The van der Waals surface area contributed by atoms with Crippen LogP contribution in [0, 0.1) is 5.92 Å². The van der Waals surface area contributed by atoms with E-state index in [1.807, 2.05) is 13.8 Å². The number of urea groups is 1. The normalized spacial score (nSPS) is 19.9. The van der Waals surface area contributed by atoms with E-state index in [2.05, 4.69) is 30.3 Å². The predicted octanol–water partition coefficient (Wildman–Crippen LogP) is 3.19. The van der Waals surface area contributed by atoms with E-state index in [0.29, 0.717) is 24.2 Å². The lowest BCUT2D eigenvalue weighted by molar-refractivity contribution is -0.160. The summed E-state index contributed by atoms with van der Waals surface area (Å²) in [6.07, 6.45) is 0.226. The molecule has 186 valence electrons. The average molecular weight is 492 g/mol. The van der Waals surface area contributed by atoms with Gasteiger partial charge in [-0.2, -0.15) is 0 Å². The first kappa shape index (κ1) is 27.1. The number of amides is 3. The van der Waals surface area contributed by atoms with Gasteiger partial charge in [-0.15, -0.1) is 0 Å². The first-order valence-corrected chi connectivity index (χ1v) is 14.5. The van der Waals surface area contributed by atoms with Crippen molar-refractivity contribution in [2.45, 2.75) is 59.0 Å². The highest BCUT2D eigenvalue weighted by Gasteiger charge is 2.57. The number of aliphatic carboxylic acids is 2. The monoisotopic (exact) mass is 491 g/mol. The minimum atomic E-state index is -1.83. The number of fused-ring (bicyclic) bond motifs is 1. The van der Waals surface area contributed by atoms with Crippen molar-refractivity contribution in [3.8, 4) is 0 Å². The number of carbonyl (C=O) groups is 4. The van der Waals surface area contributed by atoms with Crippen molar-refractivity contribution in [3.05, 3.63) is 35.5 Å². The number of rotatable bonds is 7. The highest BCUT2D eigenvalue weighted by molar-refractivity contribution is 6.69. The van der Waals surface area contributed by atoms with Gasteiger partial charge in [0, 0.05) is 19.2 Å². The molecule has 3 atom stereocenters. The van der Waals surface area contributed by atoms with Gasteiger partial charge < -0.3 is 30.2 Å². The molecule has 1 aromatic carbocycles. The molecule has 34 heavy (non-hydrogen) atoms. The molecule has 3 amide bonds. The molecule has 2 aliphatic heterocycles. The molecule has 0 spiro atoms. The van der Waals surface area contributed by atoms with E-state index < -0.39 is 20.3 Å². The maximum absolute atomic E-state index is 12.8. The Morgan fingerprint density at radius 1 is 1.18 bits per heavy atom. The topological polar surface area (TPSA) is 145 Å². The van der Waals surface area contributed by atoms with E-state index in [4.69, 9.17) is 14.3 Å². The number of β-lactam (4-membered cyclic amide) rings is 1. The molecule has 0 radical (unpaired) electrons. The van der Waals surface area contributed by atoms with Crippen LogP contribution < -0.4 is 10.6 Å². The average Bonchev–Trinajstić information content (AvgIpc) is 3.02. The minimum absolute atomic E-state index is 0.0471. The molecule has 1 saturated heterocycles. The molecular weight excluding hydrogens is 458 g/mol. The first-order valence-electron chi connectivity index (χ1n) is 11.1. The number of hydrogen-bond acceptors (Lipinski definition) is 5. The Morgan fingerprint density at radius 2 is 1.74 bits per heavy atom. The summed E-state index contributed by atoms with van der Waals surface area (Å²) in [6, 6.07) is 6.50. The summed E-state index contributed by atoms with van der Waals surface area (Å²) in [4.78, 5) is 46.8. The fourth-order valence-electron chi connectivity index (χ4n) is 4.23. The summed E-state index contributed by atoms with van der Waals surface area (Å²) >= 11 is 0. The third-order valence-corrected chi connectivity index (χ3v) is 6.36. The number of carboxylic acid groups (broad SMARTS) is 2. The molecule has 10 nitrogen and oxygen atoms in total. The van der Waals surface area contributed by atoms with Gasteiger partial charge in [-0.3, -0.25) is 9.59 Å². The van der Waals surface area contributed by atoms with Gasteiger partial charge >= 0.3 is 12.0 Å². The highest BCUT2D eigenvalue weighted by Crippen LogP contribution is 2.47. The lowest BCUT2D eigenvalue weighted by Gasteiger charge is -2.47. The molecule has 4 N–H and O–H groups in total. The zero-order chi connectivity index (χ0) is 25.8. The quantitative estimate of drug-likeness (QED) is 0.338. The zero-order valence-electron chi connectivity index (χ0n) is 20.3. The SMILES string of the molecule is CC(=O)O.CCNC(=O)Nc1ccc(C2=C(C(=O)O)N3C(=O)[C@H]([C@@H](C)O[Si](C)(C)C)[C@H]3C2)cc1. The van der Waals surface area contributed by atoms with Crippen molar-refractivity contribution >= 4 is 43.5 Å². The highest BCUT2D eigenvalue weighted by atomic mass is 28.4. The zero-order valence-corrected chi connectivity index (χ0v) is 21.3. The van der Waals surface area contributed by atoms with Gasteiger partial charge in [0.1, 0.15) is 5.70 Å². The van der Waals surface area contributed by atoms with E-state index >= 15 is 0 Å². The fourth-order valence-corrected chi connectivity index (χ4v) is 5.50. The van der Waals surface area contributed by atoms with Crippen LogP contribution in [-0.2, 0) is 18.8 Å². The number of carboxylic acids is 2. The summed E-state index contributed by atoms with van der Waals surface area (Å²) < 4.78 is 6.11. The molecule has 11 heteroatoms. The van der Waals surface area contributed by atoms with E-state index in [9.17, 15) is 19.5 Å². The lowest BCUT2D eigenvalue weighted by atomic mass is 9.82. The summed E-state index contributed by atoms with van der Waals surface area (Å²) in [5, 5.41) is 22.6. The van der Waals surface area contributed by atoms with Crippen LogP contribution in [0.15, 0.2) is 30.0 Å². The van der Waals surface area contributed by atoms with Crippen LogP contribution in [0.2, 0.25) is 19.6 Å². The van der Waals surface area contributed by atoms with Crippen LogP contribution in [0.4, 0.5) is 10.5 Å². The predicted molar refractivity (Wildman–Crippen MR) is 130 cm³/mol. The summed E-state index contributed by atoms with van der Waals surface area (Å²) in [5.74, 6) is -2.46. The summed E-state index contributed by atoms with van der Waals surface area (Å²) in [5.41, 5.74) is 2.02. The maximum Gasteiger partial charge on any atom is 0.352 e. The molecule has 1 aromatic rings. The van der Waals surface area contributed by atoms with Gasteiger partial charge in [0.15, 0.2) is 8.32 Å². The van der Waals surface area contributed by atoms with Crippen molar-refractivity contribution in [1.82, 2.24) is 10.2 Å². The summed E-state index contributed by atoms with van der Waals surface area (Å²) in [7, 11) is -1.83. The second-order valence-corrected chi connectivity index (χ2v) is 13.6. The Hall–Kier alpha value is -3.18. The molecule has 1 fully saturated rings. The van der Waals surface area contributed by atoms with Gasteiger partial charge in [-0.25, -0.2) is 9.59 Å². The largest absolute Gasteiger partial charge is 0.481 e. The number of nitrogens with zero attached hydrogens (tertiary/aromatic N) is 1. The van der Waals surface area contributed by atoms with E-state index in [0.717, 1.165) is 12.5 Å². The molecule has 2 aliphatic rings. The van der Waals surface area contributed by atoms with Crippen molar-refractivity contribution in [2.24, 2.45) is 5.92 Å². The lowest BCUT2D eigenvalue weighted by Crippen LogP contribution is -2.63. The van der Waals surface area contributed by atoms with Crippen molar-refractivity contribution < 1.29 is 33.8 Å². The molecule has 0 bridgehead atoms. The first-order chi connectivity index (χ1) is 15.8. The Kier molecular flexibility index (Phi) is 8.62. The van der Waals surface area contributed by atoms with E-state index in [-0.39, 0.29) is 35.7 Å². The van der Waals surface area contributed by atoms with Gasteiger partial charge in [-0.1, -0.05) is 12.1 Å². The smallest absolute Gasteiger partial charge is 0.352 e. The van der Waals surface area contributed by atoms with Gasteiger partial charge in [0.2, 0.25) is 5.91 Å². The molecule has 0 aromatic heterocycles. The van der Waals surface area contributed by atoms with Crippen molar-refractivity contribution in [1.29, 1.82) is 0 Å². The van der Waals surface area contributed by atoms with Crippen LogP contribution in [0.25, 0.3) is 5.57 Å². The minimum Gasteiger partial charge on any atom is -0.481 e. The van der Waals surface area contributed by atoms with Crippen LogP contribution in [0.1, 0.15) is 32.8 Å². The van der Waals surface area contributed by atoms with Gasteiger partial charge in [0.05, 0.1) is 18.1 Å². The molecule has 3 rings (SSSR count). The molecule has 0 saturated carbocycles. The number of carbonyl (C=O) groups excluding carboxylic acids is 2. The second-order valence-electron chi connectivity index (χ2n) is 9.15. The molecule has 0 unspecified atom stereocenters. The number of hydrogen-bond donors (Lipinski definition) is 4. The Balaban J connectivity index is 0.000000945. The van der Waals surface area contributed by atoms with E-state index in [1.165, 1.54) is 4.90 Å². The second kappa shape index (κ2) is 10.8. The van der Waals surface area contributed by atoms with Crippen LogP contribution in [-0.4, -0.2) is 66.0 Å². The standard InChI is InChI=1S/C21H29N3O5Si.C2H4O2/c1-6-22-21(28)23-14-9-7-13(8-10-14)15-11-16-17(12(2)29-30(3,4)5)19(25)24(16)18(15)20(26)27;1-2(3)4/h7-10,12,16-17H,6,11H2,1-5H3,(H,26,27)(H2,22,23,28);1H3,(H,3,4)/t12-,16-,17-;/m1./s1. The van der Waals surface area contributed by atoms with Crippen LogP contribution in [0.5, 0.6) is 0 Å². The Morgan fingerprint density at radius 3 is 2.21 bits per heavy atom. The van der Waals surface area contributed by atoms with E-state index in [1.54, 1.807) is 24.3 Å². The summed E-state index contributed by atoms with van der Waals surface area (Å²) in [6.45, 7) is 11.5. The third kappa shape index (κ3) is 6.45. The van der Waals surface area contributed by atoms with Crippen molar-refractivity contribution in [3.63, 3.8) is 0 Å². The number of nitrogens with one attached hydrogen (secondary N) is 2.